The predicted molar refractivity (Wildman–Crippen MR) is 77.9 cm³/mol. The second-order valence-electron chi connectivity index (χ2n) is 5.25. The fourth-order valence-electron chi connectivity index (χ4n) is 2.43. The number of hydrogen-bond acceptors (Lipinski definition) is 4. The third-order valence-electron chi connectivity index (χ3n) is 3.74. The summed E-state index contributed by atoms with van der Waals surface area (Å²) in [6, 6.07) is 2.63. The molecule has 22 heavy (non-hydrogen) atoms. The highest BCUT2D eigenvalue weighted by molar-refractivity contribution is 7.89. The van der Waals surface area contributed by atoms with E-state index in [1.54, 1.807) is 0 Å². The van der Waals surface area contributed by atoms with Crippen LogP contribution in [0.4, 0.5) is 8.78 Å². The molecule has 1 heterocycles. The molecule has 0 unspecified atom stereocenters. The number of aliphatic hydroxyl groups excluding tert-OH is 1. The normalized spacial score (nSPS) is 17.8. The van der Waals surface area contributed by atoms with Gasteiger partial charge in [-0.25, -0.2) is 17.2 Å². The number of halogens is 2. The zero-order valence-electron chi connectivity index (χ0n) is 12.2. The van der Waals surface area contributed by atoms with E-state index < -0.39 is 21.7 Å². The van der Waals surface area contributed by atoms with Gasteiger partial charge in [-0.1, -0.05) is 0 Å². The van der Waals surface area contributed by atoms with Gasteiger partial charge in [0.1, 0.15) is 0 Å². The topological polar surface area (TPSA) is 60.9 Å². The first-order valence-electron chi connectivity index (χ1n) is 7.23. The van der Waals surface area contributed by atoms with Crippen molar-refractivity contribution in [3.8, 4) is 0 Å². The Morgan fingerprint density at radius 3 is 2.32 bits per heavy atom. The molecule has 0 radical (unpaired) electrons. The van der Waals surface area contributed by atoms with E-state index in [0.717, 1.165) is 37.6 Å². The standard InChI is InChI=1S/C14H20F2N2O3S/c15-13-4-3-12(11-14(13)16)22(20,21)18-8-6-17(7-9-18)5-1-2-10-19/h3-4,11,19H,1-2,5-10H2. The van der Waals surface area contributed by atoms with Gasteiger partial charge in [-0.3, -0.25) is 0 Å². The lowest BCUT2D eigenvalue weighted by molar-refractivity contribution is 0.180. The van der Waals surface area contributed by atoms with Crippen molar-refractivity contribution in [2.75, 3.05) is 39.3 Å². The molecule has 0 spiro atoms. The lowest BCUT2D eigenvalue weighted by Gasteiger charge is -2.33. The van der Waals surface area contributed by atoms with Gasteiger partial charge in [0.15, 0.2) is 11.6 Å². The monoisotopic (exact) mass is 334 g/mol. The van der Waals surface area contributed by atoms with Crippen LogP contribution in [0.25, 0.3) is 0 Å². The summed E-state index contributed by atoms with van der Waals surface area (Å²) in [5.74, 6) is -2.23. The first-order chi connectivity index (χ1) is 10.4. The van der Waals surface area contributed by atoms with Crippen molar-refractivity contribution in [1.29, 1.82) is 0 Å². The van der Waals surface area contributed by atoms with Crippen molar-refractivity contribution < 1.29 is 22.3 Å². The van der Waals surface area contributed by atoms with Gasteiger partial charge in [0, 0.05) is 32.8 Å². The smallest absolute Gasteiger partial charge is 0.243 e. The molecule has 0 amide bonds. The maximum atomic E-state index is 13.2. The average Bonchev–Trinajstić information content (AvgIpc) is 2.51. The van der Waals surface area contributed by atoms with Gasteiger partial charge in [-0.15, -0.1) is 0 Å². The van der Waals surface area contributed by atoms with Gasteiger partial charge >= 0.3 is 0 Å². The summed E-state index contributed by atoms with van der Waals surface area (Å²) in [6.07, 6.45) is 1.60. The van der Waals surface area contributed by atoms with Crippen molar-refractivity contribution in [3.05, 3.63) is 29.8 Å². The summed E-state index contributed by atoms with van der Waals surface area (Å²) in [5, 5.41) is 8.75. The maximum absolute atomic E-state index is 13.2. The minimum absolute atomic E-state index is 0.157. The lowest BCUT2D eigenvalue weighted by Crippen LogP contribution is -2.48. The Balaban J connectivity index is 1.98. The zero-order chi connectivity index (χ0) is 16.2. The van der Waals surface area contributed by atoms with Gasteiger partial charge in [-0.2, -0.15) is 4.31 Å². The van der Waals surface area contributed by atoms with E-state index >= 15 is 0 Å². The van der Waals surface area contributed by atoms with Crippen LogP contribution in [0.1, 0.15) is 12.8 Å². The molecule has 1 aliphatic heterocycles. The molecule has 1 aliphatic rings. The maximum Gasteiger partial charge on any atom is 0.243 e. The van der Waals surface area contributed by atoms with Crippen LogP contribution in [0.5, 0.6) is 0 Å². The molecule has 8 heteroatoms. The Hall–Kier alpha value is -1.09. The minimum Gasteiger partial charge on any atom is -0.396 e. The number of piperazine rings is 1. The van der Waals surface area contributed by atoms with Crippen LogP contribution in [0.2, 0.25) is 0 Å². The molecule has 2 rings (SSSR count). The number of unbranched alkanes of at least 4 members (excludes halogenated alkanes) is 1. The Bertz CT molecular complexity index is 602. The second-order valence-corrected chi connectivity index (χ2v) is 7.19. The van der Waals surface area contributed by atoms with Crippen molar-refractivity contribution >= 4 is 10.0 Å². The Morgan fingerprint density at radius 2 is 1.73 bits per heavy atom. The largest absolute Gasteiger partial charge is 0.396 e. The molecule has 1 saturated heterocycles. The van der Waals surface area contributed by atoms with Crippen LogP contribution in [0.3, 0.4) is 0 Å². The van der Waals surface area contributed by atoms with Gasteiger partial charge in [-0.05, 0) is 37.6 Å². The highest BCUT2D eigenvalue weighted by Crippen LogP contribution is 2.20. The molecule has 1 N–H and O–H groups in total. The van der Waals surface area contributed by atoms with E-state index in [9.17, 15) is 17.2 Å². The summed E-state index contributed by atoms with van der Waals surface area (Å²) in [4.78, 5) is 1.91. The molecule has 1 fully saturated rings. The van der Waals surface area contributed by atoms with Crippen LogP contribution in [-0.2, 0) is 10.0 Å². The molecule has 124 valence electrons. The van der Waals surface area contributed by atoms with Crippen LogP contribution in [0.15, 0.2) is 23.1 Å². The van der Waals surface area contributed by atoms with Crippen LogP contribution in [-0.4, -0.2) is 62.1 Å². The number of nitrogens with zero attached hydrogens (tertiary/aromatic N) is 2. The first-order valence-corrected chi connectivity index (χ1v) is 8.67. The summed E-state index contributed by atoms with van der Waals surface area (Å²) < 4.78 is 52.2. The molecule has 1 aromatic rings. The van der Waals surface area contributed by atoms with Crippen molar-refractivity contribution in [3.63, 3.8) is 0 Å². The van der Waals surface area contributed by atoms with Crippen LogP contribution in [0, 0.1) is 11.6 Å². The summed E-state index contributed by atoms with van der Waals surface area (Å²) in [5.41, 5.74) is 0. The number of sulfonamides is 1. The highest BCUT2D eigenvalue weighted by atomic mass is 32.2. The van der Waals surface area contributed by atoms with E-state index in [4.69, 9.17) is 5.11 Å². The molecule has 0 atom stereocenters. The fourth-order valence-corrected chi connectivity index (χ4v) is 3.86. The van der Waals surface area contributed by atoms with E-state index in [-0.39, 0.29) is 11.5 Å². The Kier molecular flexibility index (Phi) is 5.85. The Morgan fingerprint density at radius 1 is 1.05 bits per heavy atom. The fraction of sp³-hybridized carbons (Fsp3) is 0.571. The predicted octanol–water partition coefficient (Wildman–Crippen LogP) is 1.04. The Labute approximate surface area is 129 Å². The van der Waals surface area contributed by atoms with E-state index in [0.29, 0.717) is 26.2 Å². The average molecular weight is 334 g/mol. The van der Waals surface area contributed by atoms with Crippen molar-refractivity contribution in [1.82, 2.24) is 9.21 Å². The summed E-state index contributed by atoms with van der Waals surface area (Å²) >= 11 is 0. The van der Waals surface area contributed by atoms with Crippen molar-refractivity contribution in [2.24, 2.45) is 0 Å². The molecule has 5 nitrogen and oxygen atoms in total. The van der Waals surface area contributed by atoms with Gasteiger partial charge in [0.05, 0.1) is 4.90 Å². The number of hydrogen-bond donors (Lipinski definition) is 1. The molecular formula is C14H20F2N2O3S. The van der Waals surface area contributed by atoms with E-state index in [1.165, 1.54) is 4.31 Å². The second kappa shape index (κ2) is 7.45. The number of benzene rings is 1. The molecule has 0 aliphatic carbocycles. The lowest BCUT2D eigenvalue weighted by atomic mass is 10.3. The third kappa shape index (κ3) is 4.01. The van der Waals surface area contributed by atoms with Gasteiger partial charge in [0.2, 0.25) is 10.0 Å². The third-order valence-corrected chi connectivity index (χ3v) is 5.64. The highest BCUT2D eigenvalue weighted by Gasteiger charge is 2.28. The van der Waals surface area contributed by atoms with Gasteiger partial charge in [0.25, 0.3) is 0 Å². The molecule has 0 bridgehead atoms. The molecule has 0 aromatic heterocycles. The molecule has 0 saturated carbocycles. The summed E-state index contributed by atoms with van der Waals surface area (Å²) in [7, 11) is -3.79. The quantitative estimate of drug-likeness (QED) is 0.790. The molecular weight excluding hydrogens is 314 g/mol. The zero-order valence-corrected chi connectivity index (χ0v) is 13.0. The van der Waals surface area contributed by atoms with E-state index in [1.807, 2.05) is 0 Å². The number of aliphatic hydroxyl groups is 1. The SMILES string of the molecule is O=S(=O)(c1ccc(F)c(F)c1)N1CCN(CCCCO)CC1. The molecule has 1 aromatic carbocycles. The van der Waals surface area contributed by atoms with Crippen LogP contribution >= 0.6 is 0 Å². The van der Waals surface area contributed by atoms with Gasteiger partial charge < -0.3 is 10.0 Å². The van der Waals surface area contributed by atoms with E-state index in [2.05, 4.69) is 4.90 Å². The minimum atomic E-state index is -3.79. The van der Waals surface area contributed by atoms with Crippen LogP contribution < -0.4 is 0 Å². The first kappa shape index (κ1) is 17.3. The summed E-state index contributed by atoms with van der Waals surface area (Å²) in [6.45, 7) is 2.80. The number of rotatable bonds is 6. The van der Waals surface area contributed by atoms with Crippen molar-refractivity contribution in [2.45, 2.75) is 17.7 Å².